The van der Waals surface area contributed by atoms with Crippen molar-refractivity contribution in [3.8, 4) is 0 Å². The third kappa shape index (κ3) is 4.06. The topological polar surface area (TPSA) is 92.4 Å². The van der Waals surface area contributed by atoms with Crippen LogP contribution in [0.2, 0.25) is 0 Å². The number of hydrogen-bond donors (Lipinski definition) is 3. The molecular weight excluding hydrogens is 244 g/mol. The van der Waals surface area contributed by atoms with Gasteiger partial charge in [0.1, 0.15) is 12.1 Å². The van der Waals surface area contributed by atoms with E-state index >= 15 is 0 Å². The Bertz CT molecular complexity index is 434. The summed E-state index contributed by atoms with van der Waals surface area (Å²) >= 11 is 0. The maximum absolute atomic E-state index is 12.0. The van der Waals surface area contributed by atoms with E-state index in [4.69, 9.17) is 10.8 Å². The van der Waals surface area contributed by atoms with Crippen LogP contribution >= 0.6 is 0 Å². The highest BCUT2D eigenvalue weighted by Crippen LogP contribution is 2.12. The number of hydrogen-bond acceptors (Lipinski definition) is 3. The summed E-state index contributed by atoms with van der Waals surface area (Å²) in [7, 11) is 0. The number of carbonyl (C=O) groups is 2. The Labute approximate surface area is 112 Å². The molecule has 0 fully saturated rings. The monoisotopic (exact) mass is 264 g/mol. The van der Waals surface area contributed by atoms with E-state index in [1.807, 2.05) is 13.0 Å². The van der Waals surface area contributed by atoms with Gasteiger partial charge in [0.05, 0.1) is 0 Å². The number of amides is 1. The molecule has 0 bridgehead atoms. The zero-order valence-electron chi connectivity index (χ0n) is 11.2. The van der Waals surface area contributed by atoms with Gasteiger partial charge in [-0.2, -0.15) is 0 Å². The number of nitrogens with two attached hydrogens (primary N) is 1. The van der Waals surface area contributed by atoms with E-state index in [9.17, 15) is 9.59 Å². The van der Waals surface area contributed by atoms with E-state index in [1.54, 1.807) is 31.2 Å². The van der Waals surface area contributed by atoms with Crippen molar-refractivity contribution in [3.05, 3.63) is 35.9 Å². The molecule has 1 aromatic carbocycles. The smallest absolute Gasteiger partial charge is 0.326 e. The number of carboxylic acids is 1. The molecule has 3 unspecified atom stereocenters. The molecule has 0 aliphatic carbocycles. The number of carboxylic acid groups (broad SMARTS) is 1. The van der Waals surface area contributed by atoms with Crippen LogP contribution in [0.15, 0.2) is 30.3 Å². The first-order chi connectivity index (χ1) is 8.97. The van der Waals surface area contributed by atoms with Crippen LogP contribution in [0.1, 0.15) is 31.9 Å². The van der Waals surface area contributed by atoms with Gasteiger partial charge in [0.15, 0.2) is 0 Å². The molecule has 5 heteroatoms. The molecule has 0 aliphatic rings. The van der Waals surface area contributed by atoms with Crippen LogP contribution in [0.4, 0.5) is 0 Å². The summed E-state index contributed by atoms with van der Waals surface area (Å²) in [6.45, 7) is 3.66. The van der Waals surface area contributed by atoms with E-state index in [-0.39, 0.29) is 5.92 Å². The van der Waals surface area contributed by atoms with E-state index in [1.165, 1.54) is 0 Å². The van der Waals surface area contributed by atoms with Crippen molar-refractivity contribution in [1.82, 2.24) is 5.32 Å². The second-order valence-electron chi connectivity index (χ2n) is 4.60. The Morgan fingerprint density at radius 1 is 1.32 bits per heavy atom. The van der Waals surface area contributed by atoms with Gasteiger partial charge in [0.25, 0.3) is 0 Å². The lowest BCUT2D eigenvalue weighted by Crippen LogP contribution is -2.48. The Balaban J connectivity index is 2.75. The molecule has 0 aliphatic heterocycles. The van der Waals surface area contributed by atoms with Crippen molar-refractivity contribution in [2.45, 2.75) is 32.4 Å². The first kappa shape index (κ1) is 15.2. The normalized spacial score (nSPS) is 15.3. The lowest BCUT2D eigenvalue weighted by atomic mass is 9.98. The van der Waals surface area contributed by atoms with Gasteiger partial charge in [-0.25, -0.2) is 4.79 Å². The minimum absolute atomic E-state index is 0.149. The van der Waals surface area contributed by atoms with Crippen LogP contribution in [0.25, 0.3) is 0 Å². The van der Waals surface area contributed by atoms with E-state index in [2.05, 4.69) is 5.32 Å². The summed E-state index contributed by atoms with van der Waals surface area (Å²) in [6.07, 6.45) is 0.665. The van der Waals surface area contributed by atoms with Gasteiger partial charge in [-0.15, -0.1) is 0 Å². The lowest BCUT2D eigenvalue weighted by molar-refractivity contribution is -0.143. The van der Waals surface area contributed by atoms with Gasteiger partial charge in [0.2, 0.25) is 5.91 Å². The third-order valence-corrected chi connectivity index (χ3v) is 3.22. The molecule has 0 radical (unpaired) electrons. The van der Waals surface area contributed by atoms with Gasteiger partial charge in [-0.05, 0) is 11.5 Å². The summed E-state index contributed by atoms with van der Waals surface area (Å²) in [4.78, 5) is 23.1. The standard InChI is InChI=1S/C14H20N2O3/c1-3-9(2)12(14(18)19)16-13(17)11(15)10-7-5-4-6-8-10/h4-9,11-12H,3,15H2,1-2H3,(H,16,17)(H,18,19). The molecule has 1 aromatic rings. The average molecular weight is 264 g/mol. The highest BCUT2D eigenvalue weighted by molar-refractivity contribution is 5.87. The molecule has 3 atom stereocenters. The molecule has 0 saturated heterocycles. The molecule has 104 valence electrons. The summed E-state index contributed by atoms with van der Waals surface area (Å²) < 4.78 is 0. The van der Waals surface area contributed by atoms with Crippen LogP contribution in [0.3, 0.4) is 0 Å². The molecule has 1 amide bonds. The second-order valence-corrected chi connectivity index (χ2v) is 4.60. The zero-order chi connectivity index (χ0) is 14.4. The minimum atomic E-state index is -1.04. The van der Waals surface area contributed by atoms with Gasteiger partial charge in [0, 0.05) is 0 Å². The van der Waals surface area contributed by atoms with E-state index in [0.717, 1.165) is 0 Å². The quantitative estimate of drug-likeness (QED) is 0.722. The number of benzene rings is 1. The van der Waals surface area contributed by atoms with Crippen LogP contribution in [-0.2, 0) is 9.59 Å². The highest BCUT2D eigenvalue weighted by Gasteiger charge is 2.27. The largest absolute Gasteiger partial charge is 0.480 e. The Morgan fingerprint density at radius 2 is 1.89 bits per heavy atom. The molecule has 0 aromatic heterocycles. The Morgan fingerprint density at radius 3 is 2.37 bits per heavy atom. The molecule has 0 saturated carbocycles. The number of carbonyl (C=O) groups excluding carboxylic acids is 1. The molecule has 5 nitrogen and oxygen atoms in total. The minimum Gasteiger partial charge on any atom is -0.480 e. The van der Waals surface area contributed by atoms with Crippen molar-refractivity contribution in [2.24, 2.45) is 11.7 Å². The van der Waals surface area contributed by atoms with Crippen molar-refractivity contribution < 1.29 is 14.7 Å². The van der Waals surface area contributed by atoms with E-state index < -0.39 is 24.0 Å². The van der Waals surface area contributed by atoms with Crippen molar-refractivity contribution >= 4 is 11.9 Å². The van der Waals surface area contributed by atoms with Crippen molar-refractivity contribution in [2.75, 3.05) is 0 Å². The average Bonchev–Trinajstić information content (AvgIpc) is 2.43. The molecular formula is C14H20N2O3. The summed E-state index contributed by atoms with van der Waals surface area (Å²) in [6, 6.07) is 7.11. The SMILES string of the molecule is CCC(C)C(NC(=O)C(N)c1ccccc1)C(=O)O. The Hall–Kier alpha value is -1.88. The number of nitrogens with one attached hydrogen (secondary N) is 1. The number of aliphatic carboxylic acids is 1. The number of rotatable bonds is 6. The lowest BCUT2D eigenvalue weighted by Gasteiger charge is -2.22. The van der Waals surface area contributed by atoms with Crippen LogP contribution in [0.5, 0.6) is 0 Å². The molecule has 0 heterocycles. The first-order valence-corrected chi connectivity index (χ1v) is 6.31. The van der Waals surface area contributed by atoms with Gasteiger partial charge in [-0.3, -0.25) is 4.79 Å². The highest BCUT2D eigenvalue weighted by atomic mass is 16.4. The summed E-state index contributed by atoms with van der Waals surface area (Å²) in [5.74, 6) is -1.66. The fraction of sp³-hybridized carbons (Fsp3) is 0.429. The maximum atomic E-state index is 12.0. The van der Waals surface area contributed by atoms with Crippen molar-refractivity contribution in [1.29, 1.82) is 0 Å². The molecule has 19 heavy (non-hydrogen) atoms. The van der Waals surface area contributed by atoms with Gasteiger partial charge >= 0.3 is 5.97 Å². The fourth-order valence-corrected chi connectivity index (χ4v) is 1.74. The van der Waals surface area contributed by atoms with Crippen molar-refractivity contribution in [3.63, 3.8) is 0 Å². The maximum Gasteiger partial charge on any atom is 0.326 e. The predicted molar refractivity (Wildman–Crippen MR) is 72.4 cm³/mol. The Kier molecular flexibility index (Phi) is 5.51. The first-order valence-electron chi connectivity index (χ1n) is 6.31. The van der Waals surface area contributed by atoms with Gasteiger partial charge in [-0.1, -0.05) is 50.6 Å². The molecule has 1 rings (SSSR count). The molecule has 4 N–H and O–H groups in total. The van der Waals surface area contributed by atoms with Crippen LogP contribution < -0.4 is 11.1 Å². The van der Waals surface area contributed by atoms with Crippen LogP contribution in [0, 0.1) is 5.92 Å². The molecule has 0 spiro atoms. The predicted octanol–water partition coefficient (Wildman–Crippen LogP) is 1.30. The second kappa shape index (κ2) is 6.89. The zero-order valence-corrected chi connectivity index (χ0v) is 11.2. The van der Waals surface area contributed by atoms with Gasteiger partial charge < -0.3 is 16.2 Å². The fourth-order valence-electron chi connectivity index (χ4n) is 1.74. The van der Waals surface area contributed by atoms with E-state index in [0.29, 0.717) is 12.0 Å². The third-order valence-electron chi connectivity index (χ3n) is 3.22. The summed E-state index contributed by atoms with van der Waals surface area (Å²) in [5.41, 5.74) is 6.48. The summed E-state index contributed by atoms with van der Waals surface area (Å²) in [5, 5.41) is 11.6. The van der Waals surface area contributed by atoms with Crippen LogP contribution in [-0.4, -0.2) is 23.0 Å².